The Balaban J connectivity index is 3.47. The van der Waals surface area contributed by atoms with Crippen molar-refractivity contribution in [2.24, 2.45) is 5.73 Å². The molecule has 0 saturated carbocycles. The number of amides is 1. The van der Waals surface area contributed by atoms with E-state index in [-0.39, 0.29) is 25.7 Å². The number of ether oxygens (including phenoxy) is 1. The van der Waals surface area contributed by atoms with Crippen LogP contribution in [0.25, 0.3) is 0 Å². The van der Waals surface area contributed by atoms with Crippen molar-refractivity contribution in [2.75, 3.05) is 26.9 Å². The highest BCUT2D eigenvalue weighted by Gasteiger charge is 2.10. The molecule has 11 heavy (non-hydrogen) atoms. The second-order valence-corrected chi connectivity index (χ2v) is 2.08. The largest absolute Gasteiger partial charge is 0.395 e. The molecule has 0 bridgehead atoms. The van der Waals surface area contributed by atoms with Crippen LogP contribution in [0.2, 0.25) is 0 Å². The van der Waals surface area contributed by atoms with Crippen molar-refractivity contribution in [3.8, 4) is 0 Å². The van der Waals surface area contributed by atoms with Gasteiger partial charge in [-0.25, -0.2) is 0 Å². The smallest absolute Gasteiger partial charge is 0.239 e. The lowest BCUT2D eigenvalue weighted by atomic mass is 10.3. The molecule has 4 N–H and O–H groups in total. The van der Waals surface area contributed by atoms with E-state index in [0.29, 0.717) is 0 Å². The average molecular weight is 162 g/mol. The number of nitrogens with one attached hydrogen (secondary N) is 1. The van der Waals surface area contributed by atoms with Gasteiger partial charge in [-0.3, -0.25) is 4.79 Å². The van der Waals surface area contributed by atoms with Gasteiger partial charge in [0.1, 0.15) is 6.04 Å². The van der Waals surface area contributed by atoms with E-state index < -0.39 is 6.04 Å². The number of aliphatic hydroxyl groups excluding tert-OH is 1. The Hall–Kier alpha value is -0.650. The summed E-state index contributed by atoms with van der Waals surface area (Å²) in [4.78, 5) is 10.9. The molecule has 1 unspecified atom stereocenters. The molecule has 0 aliphatic carbocycles. The van der Waals surface area contributed by atoms with Crippen LogP contribution in [0.15, 0.2) is 0 Å². The Morgan fingerprint density at radius 2 is 2.45 bits per heavy atom. The quantitative estimate of drug-likeness (QED) is 0.439. The van der Waals surface area contributed by atoms with Gasteiger partial charge in [-0.1, -0.05) is 0 Å². The van der Waals surface area contributed by atoms with E-state index in [9.17, 15) is 4.79 Å². The molecule has 1 amide bonds. The van der Waals surface area contributed by atoms with E-state index in [1.165, 1.54) is 7.11 Å². The fourth-order valence-electron chi connectivity index (χ4n) is 0.565. The highest BCUT2D eigenvalue weighted by Crippen LogP contribution is 1.78. The van der Waals surface area contributed by atoms with Crippen LogP contribution in [0, 0.1) is 0 Å². The van der Waals surface area contributed by atoms with E-state index >= 15 is 0 Å². The third-order valence-electron chi connectivity index (χ3n) is 1.09. The number of aliphatic hydroxyl groups is 1. The molecule has 0 rings (SSSR count). The highest BCUT2D eigenvalue weighted by atomic mass is 16.5. The summed E-state index contributed by atoms with van der Waals surface area (Å²) >= 11 is 0. The maximum atomic E-state index is 10.9. The van der Waals surface area contributed by atoms with Crippen molar-refractivity contribution in [2.45, 2.75) is 6.04 Å². The van der Waals surface area contributed by atoms with Crippen LogP contribution >= 0.6 is 0 Å². The molecule has 0 saturated heterocycles. The Labute approximate surface area is 65.5 Å². The van der Waals surface area contributed by atoms with Crippen LogP contribution in [0.5, 0.6) is 0 Å². The van der Waals surface area contributed by atoms with E-state index in [0.717, 1.165) is 0 Å². The summed E-state index contributed by atoms with van der Waals surface area (Å²) in [6, 6.07) is -0.647. The molecule has 66 valence electrons. The molecule has 0 aromatic rings. The molecule has 5 heteroatoms. The van der Waals surface area contributed by atoms with Crippen molar-refractivity contribution >= 4 is 5.91 Å². The van der Waals surface area contributed by atoms with Gasteiger partial charge in [0.25, 0.3) is 0 Å². The number of rotatable bonds is 5. The number of hydrogen-bond donors (Lipinski definition) is 3. The SMILES string of the molecule is COCC(N)C(=O)NCCO. The Bertz CT molecular complexity index is 118. The highest BCUT2D eigenvalue weighted by molar-refractivity contribution is 5.81. The molecule has 0 fully saturated rings. The van der Waals surface area contributed by atoms with Crippen LogP contribution in [0.4, 0.5) is 0 Å². The van der Waals surface area contributed by atoms with Gasteiger partial charge >= 0.3 is 0 Å². The third kappa shape index (κ3) is 4.72. The van der Waals surface area contributed by atoms with Crippen molar-refractivity contribution in [1.29, 1.82) is 0 Å². The van der Waals surface area contributed by atoms with Gasteiger partial charge in [0, 0.05) is 13.7 Å². The van der Waals surface area contributed by atoms with Crippen LogP contribution < -0.4 is 11.1 Å². The summed E-state index contributed by atoms with van der Waals surface area (Å²) in [6.07, 6.45) is 0. The first kappa shape index (κ1) is 10.3. The summed E-state index contributed by atoms with van der Waals surface area (Å²) in [5, 5.41) is 10.8. The first-order valence-corrected chi connectivity index (χ1v) is 3.35. The van der Waals surface area contributed by atoms with E-state index in [1.54, 1.807) is 0 Å². The summed E-state index contributed by atoms with van der Waals surface area (Å²) in [5.74, 6) is -0.305. The van der Waals surface area contributed by atoms with Gasteiger partial charge in [0.15, 0.2) is 0 Å². The lowest BCUT2D eigenvalue weighted by Crippen LogP contribution is -2.44. The van der Waals surface area contributed by atoms with Crippen molar-refractivity contribution in [3.63, 3.8) is 0 Å². The second kappa shape index (κ2) is 6.09. The molecular formula is C6H14N2O3. The Morgan fingerprint density at radius 3 is 2.91 bits per heavy atom. The number of hydrogen-bond acceptors (Lipinski definition) is 4. The monoisotopic (exact) mass is 162 g/mol. The molecule has 5 nitrogen and oxygen atoms in total. The minimum Gasteiger partial charge on any atom is -0.395 e. The summed E-state index contributed by atoms with van der Waals surface area (Å²) in [6.45, 7) is 0.346. The average Bonchev–Trinajstić information content (AvgIpc) is 2.00. The van der Waals surface area contributed by atoms with E-state index in [2.05, 4.69) is 10.1 Å². The van der Waals surface area contributed by atoms with Gasteiger partial charge in [-0.2, -0.15) is 0 Å². The van der Waals surface area contributed by atoms with Crippen LogP contribution in [0.1, 0.15) is 0 Å². The number of carbonyl (C=O) groups excluding carboxylic acids is 1. The summed E-state index contributed by atoms with van der Waals surface area (Å²) in [5.41, 5.74) is 5.35. The maximum absolute atomic E-state index is 10.9. The number of nitrogens with two attached hydrogens (primary N) is 1. The first-order chi connectivity index (χ1) is 5.22. The first-order valence-electron chi connectivity index (χ1n) is 3.35. The van der Waals surface area contributed by atoms with Crippen LogP contribution in [-0.4, -0.2) is 43.9 Å². The van der Waals surface area contributed by atoms with E-state index in [1.807, 2.05) is 0 Å². The van der Waals surface area contributed by atoms with E-state index in [4.69, 9.17) is 10.8 Å². The topological polar surface area (TPSA) is 84.6 Å². The number of carbonyl (C=O) groups is 1. The van der Waals surface area contributed by atoms with Gasteiger partial charge in [-0.15, -0.1) is 0 Å². The standard InChI is InChI=1S/C6H14N2O3/c1-11-4-5(7)6(10)8-2-3-9/h5,9H,2-4,7H2,1H3,(H,8,10). The van der Waals surface area contributed by atoms with Gasteiger partial charge in [0.2, 0.25) is 5.91 Å². The molecule has 0 aromatic carbocycles. The minimum atomic E-state index is -0.647. The molecular weight excluding hydrogens is 148 g/mol. The zero-order valence-corrected chi connectivity index (χ0v) is 6.54. The van der Waals surface area contributed by atoms with Crippen LogP contribution in [-0.2, 0) is 9.53 Å². The van der Waals surface area contributed by atoms with Crippen molar-refractivity contribution in [3.05, 3.63) is 0 Å². The van der Waals surface area contributed by atoms with Gasteiger partial charge in [-0.05, 0) is 0 Å². The third-order valence-corrected chi connectivity index (χ3v) is 1.09. The normalized spacial score (nSPS) is 12.6. The maximum Gasteiger partial charge on any atom is 0.239 e. The Morgan fingerprint density at radius 1 is 1.82 bits per heavy atom. The second-order valence-electron chi connectivity index (χ2n) is 2.08. The van der Waals surface area contributed by atoms with Crippen molar-refractivity contribution in [1.82, 2.24) is 5.32 Å². The van der Waals surface area contributed by atoms with Gasteiger partial charge < -0.3 is 20.9 Å². The zero-order valence-electron chi connectivity index (χ0n) is 6.54. The molecule has 0 radical (unpaired) electrons. The molecule has 0 aliphatic rings. The summed E-state index contributed by atoms with van der Waals surface area (Å²) in [7, 11) is 1.47. The number of methoxy groups -OCH3 is 1. The van der Waals surface area contributed by atoms with Crippen molar-refractivity contribution < 1.29 is 14.6 Å². The molecule has 0 aromatic heterocycles. The molecule has 0 heterocycles. The van der Waals surface area contributed by atoms with Gasteiger partial charge in [0.05, 0.1) is 13.2 Å². The van der Waals surface area contributed by atoms with Crippen LogP contribution in [0.3, 0.4) is 0 Å². The fraction of sp³-hybridized carbons (Fsp3) is 0.833. The Kier molecular flexibility index (Phi) is 5.73. The predicted molar refractivity (Wildman–Crippen MR) is 39.9 cm³/mol. The molecule has 0 aliphatic heterocycles. The lowest BCUT2D eigenvalue weighted by molar-refractivity contribution is -0.123. The summed E-state index contributed by atoms with van der Waals surface area (Å²) < 4.78 is 4.66. The minimum absolute atomic E-state index is 0.0779. The zero-order chi connectivity index (χ0) is 8.69. The lowest BCUT2D eigenvalue weighted by Gasteiger charge is -2.09. The molecule has 0 spiro atoms. The fourth-order valence-corrected chi connectivity index (χ4v) is 0.565. The molecule has 1 atom stereocenters. The predicted octanol–water partition coefficient (Wildman–Crippen LogP) is -1.93.